The highest BCUT2D eigenvalue weighted by Gasteiger charge is 2.65. The molecule has 154 valence electrons. The van der Waals surface area contributed by atoms with E-state index in [-0.39, 0.29) is 18.0 Å². The Balaban J connectivity index is 1.63. The number of hydrogen-bond acceptors (Lipinski definition) is 4. The number of fused-ring (bicyclic) bond motifs is 5. The van der Waals surface area contributed by atoms with E-state index in [9.17, 15) is 9.59 Å². The van der Waals surface area contributed by atoms with Crippen LogP contribution >= 0.6 is 0 Å². The minimum absolute atomic E-state index is 0.00361. The molecule has 0 heterocycles. The fourth-order valence-electron chi connectivity index (χ4n) is 7.62. The third-order valence-corrected chi connectivity index (χ3v) is 8.70. The van der Waals surface area contributed by atoms with Gasteiger partial charge in [0.1, 0.15) is 12.2 Å². The zero-order chi connectivity index (χ0) is 19.9. The number of ether oxygens (including phenoxy) is 2. The zero-order valence-corrected chi connectivity index (χ0v) is 17.4. The van der Waals surface area contributed by atoms with Crippen LogP contribution in [0.2, 0.25) is 0 Å². The van der Waals surface area contributed by atoms with E-state index in [0.717, 1.165) is 38.5 Å². The second kappa shape index (κ2) is 7.44. The second-order valence-corrected chi connectivity index (χ2v) is 9.39. The molecule has 0 aromatic heterocycles. The van der Waals surface area contributed by atoms with E-state index in [2.05, 4.69) is 13.5 Å². The van der Waals surface area contributed by atoms with E-state index in [0.29, 0.717) is 35.9 Å². The summed E-state index contributed by atoms with van der Waals surface area (Å²) in [6, 6.07) is 0. The summed E-state index contributed by atoms with van der Waals surface area (Å²) in [5.74, 6) is 2.57. The molecule has 6 atom stereocenters. The number of carbonyl (C=O) groups excluding carboxylic acids is 2. The number of carbonyl (C=O) groups is 2. The average molecular weight is 387 g/mol. The Hall–Kier alpha value is -1.42. The van der Waals surface area contributed by atoms with Crippen LogP contribution in [0.25, 0.3) is 0 Å². The van der Waals surface area contributed by atoms with E-state index in [1.807, 2.05) is 12.2 Å². The highest BCUT2D eigenvalue weighted by Crippen LogP contribution is 2.67. The summed E-state index contributed by atoms with van der Waals surface area (Å²) in [4.78, 5) is 24.3. The van der Waals surface area contributed by atoms with Gasteiger partial charge in [-0.25, -0.2) is 4.79 Å². The molecule has 4 rings (SSSR count). The fourth-order valence-corrected chi connectivity index (χ4v) is 7.62. The average Bonchev–Trinajstić information content (AvgIpc) is 3.02. The Bertz CT molecular complexity index is 695. The zero-order valence-electron chi connectivity index (χ0n) is 17.4. The molecule has 3 fully saturated rings. The fraction of sp³-hybridized carbons (Fsp3) is 0.750. The second-order valence-electron chi connectivity index (χ2n) is 9.39. The first-order valence-corrected chi connectivity index (χ1v) is 11.1. The first-order valence-electron chi connectivity index (χ1n) is 11.1. The van der Waals surface area contributed by atoms with Crippen molar-refractivity contribution in [1.29, 1.82) is 0 Å². The van der Waals surface area contributed by atoms with E-state index in [1.165, 1.54) is 25.5 Å². The molecular formula is C24H34O4. The van der Waals surface area contributed by atoms with Gasteiger partial charge in [0.05, 0.1) is 0 Å². The van der Waals surface area contributed by atoms with Gasteiger partial charge >= 0.3 is 5.97 Å². The van der Waals surface area contributed by atoms with Crippen molar-refractivity contribution in [1.82, 2.24) is 0 Å². The summed E-state index contributed by atoms with van der Waals surface area (Å²) >= 11 is 0. The molecule has 0 aliphatic heterocycles. The van der Waals surface area contributed by atoms with Gasteiger partial charge in [-0.05, 0) is 87.2 Å². The van der Waals surface area contributed by atoms with Crippen LogP contribution in [0.15, 0.2) is 24.3 Å². The molecule has 4 unspecified atom stereocenters. The highest BCUT2D eigenvalue weighted by atomic mass is 16.6. The van der Waals surface area contributed by atoms with Gasteiger partial charge in [-0.2, -0.15) is 0 Å². The van der Waals surface area contributed by atoms with Crippen molar-refractivity contribution in [2.24, 2.45) is 29.1 Å². The van der Waals surface area contributed by atoms with Crippen LogP contribution in [0, 0.1) is 29.1 Å². The molecule has 0 amide bonds. The number of esters is 1. The highest BCUT2D eigenvalue weighted by molar-refractivity contribution is 5.91. The van der Waals surface area contributed by atoms with Crippen molar-refractivity contribution in [3.05, 3.63) is 24.3 Å². The molecule has 4 heteroatoms. The van der Waals surface area contributed by atoms with Gasteiger partial charge in [0.2, 0.25) is 0 Å². The molecule has 4 aliphatic carbocycles. The summed E-state index contributed by atoms with van der Waals surface area (Å²) in [6.07, 6.45) is 13.1. The lowest BCUT2D eigenvalue weighted by Crippen LogP contribution is -2.55. The Morgan fingerprint density at radius 3 is 2.75 bits per heavy atom. The summed E-state index contributed by atoms with van der Waals surface area (Å²) in [7, 11) is 1.53. The molecule has 28 heavy (non-hydrogen) atoms. The maximum Gasteiger partial charge on any atom is 0.332 e. The Morgan fingerprint density at radius 1 is 1.21 bits per heavy atom. The summed E-state index contributed by atoms with van der Waals surface area (Å²) < 4.78 is 11.1. The van der Waals surface area contributed by atoms with E-state index >= 15 is 0 Å². The van der Waals surface area contributed by atoms with Crippen molar-refractivity contribution in [2.45, 2.75) is 70.3 Å². The first kappa shape index (κ1) is 19.9. The lowest BCUT2D eigenvalue weighted by atomic mass is 9.49. The van der Waals surface area contributed by atoms with Gasteiger partial charge < -0.3 is 9.47 Å². The van der Waals surface area contributed by atoms with Gasteiger partial charge in [0, 0.05) is 18.9 Å². The monoisotopic (exact) mass is 386 g/mol. The Kier molecular flexibility index (Phi) is 5.28. The topological polar surface area (TPSA) is 52.6 Å². The lowest BCUT2D eigenvalue weighted by Gasteiger charge is -2.57. The van der Waals surface area contributed by atoms with E-state index in [1.54, 1.807) is 0 Å². The van der Waals surface area contributed by atoms with Crippen molar-refractivity contribution in [2.75, 3.05) is 13.7 Å². The molecule has 0 bridgehead atoms. The van der Waals surface area contributed by atoms with Crippen LogP contribution in [0.5, 0.6) is 0 Å². The maximum absolute atomic E-state index is 12.4. The Morgan fingerprint density at radius 2 is 2.04 bits per heavy atom. The largest absolute Gasteiger partial charge is 0.453 e. The van der Waals surface area contributed by atoms with Crippen LogP contribution in [0.3, 0.4) is 0 Å². The van der Waals surface area contributed by atoms with Gasteiger partial charge in [0.25, 0.3) is 0 Å². The van der Waals surface area contributed by atoms with Gasteiger partial charge in [-0.1, -0.05) is 19.1 Å². The molecule has 0 radical (unpaired) electrons. The number of hydrogen-bond donors (Lipinski definition) is 0. The number of rotatable bonds is 5. The quantitative estimate of drug-likeness (QED) is 0.510. The lowest BCUT2D eigenvalue weighted by molar-refractivity contribution is -0.179. The van der Waals surface area contributed by atoms with E-state index < -0.39 is 5.60 Å². The Labute approximate surface area is 168 Å². The molecule has 4 aliphatic rings. The van der Waals surface area contributed by atoms with Crippen molar-refractivity contribution < 1.29 is 19.1 Å². The molecule has 0 N–H and O–H groups in total. The third kappa shape index (κ3) is 2.82. The summed E-state index contributed by atoms with van der Waals surface area (Å²) in [5, 5.41) is 0. The van der Waals surface area contributed by atoms with Crippen LogP contribution in [0.4, 0.5) is 0 Å². The van der Waals surface area contributed by atoms with Crippen molar-refractivity contribution in [3.63, 3.8) is 0 Å². The number of methoxy groups -OCH3 is 1. The van der Waals surface area contributed by atoms with Crippen LogP contribution < -0.4 is 0 Å². The molecule has 3 saturated carbocycles. The van der Waals surface area contributed by atoms with Gasteiger partial charge in [-0.15, -0.1) is 0 Å². The first-order chi connectivity index (χ1) is 13.5. The predicted molar refractivity (Wildman–Crippen MR) is 108 cm³/mol. The SMILES string of the molecule is C=C[C@]1(OC(=O)COC)CCC2C3CCC4=CC(=O)CCC4C3CC[C@@]21CC. The minimum atomic E-state index is -0.564. The summed E-state index contributed by atoms with van der Waals surface area (Å²) in [6.45, 7) is 6.38. The van der Waals surface area contributed by atoms with Gasteiger partial charge in [0.15, 0.2) is 5.78 Å². The molecule has 0 aromatic carbocycles. The molecule has 0 aromatic rings. The smallest absolute Gasteiger partial charge is 0.332 e. The summed E-state index contributed by atoms with van der Waals surface area (Å²) in [5.41, 5.74) is 0.845. The minimum Gasteiger partial charge on any atom is -0.453 e. The molecular weight excluding hydrogens is 352 g/mol. The predicted octanol–water partition coefficient (Wildman–Crippen LogP) is 4.63. The van der Waals surface area contributed by atoms with Crippen LogP contribution in [-0.2, 0) is 19.1 Å². The van der Waals surface area contributed by atoms with Crippen molar-refractivity contribution in [3.8, 4) is 0 Å². The van der Waals surface area contributed by atoms with Crippen LogP contribution in [-0.4, -0.2) is 31.1 Å². The standard InChI is InChI=1S/C24H34O4/c1-4-23-12-10-19-18-9-7-17(25)14-16(18)6-8-20(19)21(23)11-13-24(23,5-2)28-22(26)15-27-3/h5,14,18-21H,2,4,6-13,15H2,1,3H3/t18?,19?,20?,21?,23-,24-/m0/s1. The normalized spacial score (nSPS) is 42.1. The molecule has 4 nitrogen and oxygen atoms in total. The molecule has 0 spiro atoms. The van der Waals surface area contributed by atoms with Gasteiger partial charge in [-0.3, -0.25) is 4.79 Å². The number of ketones is 1. The molecule has 0 saturated heterocycles. The van der Waals surface area contributed by atoms with Crippen LogP contribution in [0.1, 0.15) is 64.7 Å². The van der Waals surface area contributed by atoms with Crippen molar-refractivity contribution >= 4 is 11.8 Å². The van der Waals surface area contributed by atoms with E-state index in [4.69, 9.17) is 9.47 Å². The number of allylic oxidation sites excluding steroid dienone is 1. The maximum atomic E-state index is 12.4. The third-order valence-electron chi connectivity index (χ3n) is 8.70.